The normalized spacial score (nSPS) is 11.7. The largest absolute Gasteiger partial charge is 0.358 e. The highest BCUT2D eigenvalue weighted by atomic mass is 15.2. The minimum Gasteiger partial charge on any atom is -0.358 e. The fraction of sp³-hybridized carbons (Fsp3) is 0.435. The predicted octanol–water partition coefficient (Wildman–Crippen LogP) is 4.21. The molecule has 7 heteroatoms. The van der Waals surface area contributed by atoms with Crippen molar-refractivity contribution >= 4 is 17.5 Å². The lowest BCUT2D eigenvalue weighted by molar-refractivity contribution is 0.416. The molecule has 1 aromatic carbocycles. The first-order chi connectivity index (χ1) is 14.1. The minimum absolute atomic E-state index is 0.0142. The molecule has 0 amide bonds. The van der Waals surface area contributed by atoms with Gasteiger partial charge in [0.2, 0.25) is 0 Å². The van der Waals surface area contributed by atoms with E-state index in [1.165, 1.54) is 5.56 Å². The lowest BCUT2D eigenvalue weighted by Gasteiger charge is -2.24. The van der Waals surface area contributed by atoms with Gasteiger partial charge >= 0.3 is 0 Å². The van der Waals surface area contributed by atoms with E-state index in [0.29, 0.717) is 5.82 Å². The fourth-order valence-corrected chi connectivity index (χ4v) is 3.22. The van der Waals surface area contributed by atoms with Crippen molar-refractivity contribution in [2.24, 2.45) is 0 Å². The van der Waals surface area contributed by atoms with Crippen molar-refractivity contribution in [1.29, 1.82) is 0 Å². The van der Waals surface area contributed by atoms with E-state index in [2.05, 4.69) is 85.4 Å². The lowest BCUT2D eigenvalue weighted by atomic mass is 9.83. The van der Waals surface area contributed by atoms with Crippen molar-refractivity contribution in [2.75, 3.05) is 44.4 Å². The number of likely N-dealkylation sites (N-methyl/N-ethyl adjacent to an activating group) is 2. The SMILES string of the molecule is Cc1cc(Nc2cc(N(C)CCN(C)C)nc(-c3ccccc3C(C)(C)C)n2)n[nH]1. The fourth-order valence-electron chi connectivity index (χ4n) is 3.22. The van der Waals surface area contributed by atoms with Crippen molar-refractivity contribution in [1.82, 2.24) is 25.1 Å². The molecule has 160 valence electrons. The van der Waals surface area contributed by atoms with E-state index in [-0.39, 0.29) is 5.41 Å². The Morgan fingerprint density at radius 3 is 2.33 bits per heavy atom. The highest BCUT2D eigenvalue weighted by Gasteiger charge is 2.21. The number of H-pyrrole nitrogens is 1. The smallest absolute Gasteiger partial charge is 0.164 e. The molecule has 0 aliphatic carbocycles. The maximum absolute atomic E-state index is 4.93. The zero-order valence-electron chi connectivity index (χ0n) is 19.1. The molecule has 0 bridgehead atoms. The van der Waals surface area contributed by atoms with E-state index in [4.69, 9.17) is 9.97 Å². The van der Waals surface area contributed by atoms with Crippen molar-refractivity contribution in [2.45, 2.75) is 33.1 Å². The van der Waals surface area contributed by atoms with Gasteiger partial charge in [-0.05, 0) is 32.0 Å². The maximum Gasteiger partial charge on any atom is 0.164 e. The zero-order chi connectivity index (χ0) is 21.9. The number of aryl methyl sites for hydroxylation is 1. The van der Waals surface area contributed by atoms with Gasteiger partial charge in [-0.2, -0.15) is 5.10 Å². The standard InChI is InChI=1S/C23H33N7/c1-16-14-20(28-27-16)24-19-15-21(30(7)13-12-29(5)6)26-22(25-19)17-10-8-9-11-18(17)23(2,3)4/h8-11,14-15H,12-13H2,1-7H3,(H2,24,25,26,27,28). The first-order valence-electron chi connectivity index (χ1n) is 10.3. The summed E-state index contributed by atoms with van der Waals surface area (Å²) in [4.78, 5) is 14.1. The number of nitrogens with one attached hydrogen (secondary N) is 2. The van der Waals surface area contributed by atoms with E-state index in [9.17, 15) is 0 Å². The van der Waals surface area contributed by atoms with E-state index in [0.717, 1.165) is 41.8 Å². The highest BCUT2D eigenvalue weighted by molar-refractivity contribution is 5.67. The van der Waals surface area contributed by atoms with E-state index in [1.54, 1.807) is 0 Å². The lowest BCUT2D eigenvalue weighted by Crippen LogP contribution is -2.29. The van der Waals surface area contributed by atoms with Crippen LogP contribution in [0.2, 0.25) is 0 Å². The molecule has 30 heavy (non-hydrogen) atoms. The second-order valence-corrected chi connectivity index (χ2v) is 9.02. The van der Waals surface area contributed by atoms with Crippen LogP contribution in [0.4, 0.5) is 17.5 Å². The first-order valence-corrected chi connectivity index (χ1v) is 10.3. The number of aromatic amines is 1. The molecular formula is C23H33N7. The summed E-state index contributed by atoms with van der Waals surface area (Å²) in [6.45, 7) is 10.4. The molecule has 0 aliphatic heterocycles. The number of nitrogens with zero attached hydrogens (tertiary/aromatic N) is 5. The molecule has 3 rings (SSSR count). The van der Waals surface area contributed by atoms with Crippen LogP contribution in [0.5, 0.6) is 0 Å². The Morgan fingerprint density at radius 2 is 1.70 bits per heavy atom. The summed E-state index contributed by atoms with van der Waals surface area (Å²) in [5.74, 6) is 3.05. The average Bonchev–Trinajstić information content (AvgIpc) is 3.09. The maximum atomic E-state index is 4.93. The van der Waals surface area contributed by atoms with Crippen LogP contribution in [0.3, 0.4) is 0 Å². The quantitative estimate of drug-likeness (QED) is 0.611. The van der Waals surface area contributed by atoms with Gasteiger partial charge in [-0.3, -0.25) is 5.10 Å². The van der Waals surface area contributed by atoms with Crippen LogP contribution in [-0.4, -0.2) is 59.3 Å². The van der Waals surface area contributed by atoms with Gasteiger partial charge in [0.05, 0.1) is 0 Å². The van der Waals surface area contributed by atoms with Gasteiger partial charge in [0, 0.05) is 43.5 Å². The second-order valence-electron chi connectivity index (χ2n) is 9.02. The first kappa shape index (κ1) is 21.8. The molecule has 0 unspecified atom stereocenters. The number of hydrogen-bond acceptors (Lipinski definition) is 6. The third kappa shape index (κ3) is 5.36. The molecular weight excluding hydrogens is 374 g/mol. The topological polar surface area (TPSA) is 73.0 Å². The molecule has 0 radical (unpaired) electrons. The summed E-state index contributed by atoms with van der Waals surface area (Å²) < 4.78 is 0. The van der Waals surface area contributed by atoms with Crippen LogP contribution in [0.25, 0.3) is 11.4 Å². The molecule has 2 aromatic heterocycles. The molecule has 3 aromatic rings. The van der Waals surface area contributed by atoms with Crippen LogP contribution in [0.15, 0.2) is 36.4 Å². The third-order valence-corrected chi connectivity index (χ3v) is 4.92. The van der Waals surface area contributed by atoms with Gasteiger partial charge in [0.1, 0.15) is 11.6 Å². The van der Waals surface area contributed by atoms with Crippen molar-refractivity contribution < 1.29 is 0 Å². The van der Waals surface area contributed by atoms with Gasteiger partial charge in [0.15, 0.2) is 11.6 Å². The van der Waals surface area contributed by atoms with Crippen LogP contribution < -0.4 is 10.2 Å². The Hall–Kier alpha value is -2.93. The Morgan fingerprint density at radius 1 is 0.967 bits per heavy atom. The molecule has 7 nitrogen and oxygen atoms in total. The minimum atomic E-state index is -0.0142. The molecule has 0 saturated heterocycles. The Kier molecular flexibility index (Phi) is 6.41. The van der Waals surface area contributed by atoms with Crippen LogP contribution in [-0.2, 0) is 5.41 Å². The molecule has 0 saturated carbocycles. The van der Waals surface area contributed by atoms with Crippen LogP contribution in [0, 0.1) is 6.92 Å². The van der Waals surface area contributed by atoms with Gasteiger partial charge < -0.3 is 15.1 Å². The summed E-state index contributed by atoms with van der Waals surface area (Å²) in [7, 11) is 6.21. The molecule has 2 N–H and O–H groups in total. The van der Waals surface area contributed by atoms with E-state index < -0.39 is 0 Å². The van der Waals surface area contributed by atoms with Gasteiger partial charge in [-0.25, -0.2) is 9.97 Å². The molecule has 0 fully saturated rings. The number of aromatic nitrogens is 4. The summed E-state index contributed by atoms with van der Waals surface area (Å²) in [6, 6.07) is 12.3. The summed E-state index contributed by atoms with van der Waals surface area (Å²) in [6.07, 6.45) is 0. The Balaban J connectivity index is 2.06. The summed E-state index contributed by atoms with van der Waals surface area (Å²) in [5.41, 5.74) is 3.25. The van der Waals surface area contributed by atoms with Crippen LogP contribution >= 0.6 is 0 Å². The van der Waals surface area contributed by atoms with Gasteiger partial charge in [-0.15, -0.1) is 0 Å². The number of anilines is 3. The molecule has 0 aliphatic rings. The predicted molar refractivity (Wildman–Crippen MR) is 125 cm³/mol. The third-order valence-electron chi connectivity index (χ3n) is 4.92. The molecule has 0 spiro atoms. The van der Waals surface area contributed by atoms with Gasteiger partial charge in [-0.1, -0.05) is 45.0 Å². The van der Waals surface area contributed by atoms with E-state index >= 15 is 0 Å². The zero-order valence-corrected chi connectivity index (χ0v) is 19.1. The summed E-state index contributed by atoms with van der Waals surface area (Å²) >= 11 is 0. The number of benzene rings is 1. The van der Waals surface area contributed by atoms with Crippen molar-refractivity contribution in [3.8, 4) is 11.4 Å². The molecule has 2 heterocycles. The summed E-state index contributed by atoms with van der Waals surface area (Å²) in [5, 5.41) is 10.6. The Bertz CT molecular complexity index is 985. The van der Waals surface area contributed by atoms with Crippen LogP contribution in [0.1, 0.15) is 32.0 Å². The number of hydrogen-bond donors (Lipinski definition) is 2. The Labute approximate surface area is 179 Å². The van der Waals surface area contributed by atoms with Gasteiger partial charge in [0.25, 0.3) is 0 Å². The number of rotatable bonds is 7. The van der Waals surface area contributed by atoms with Crippen molar-refractivity contribution in [3.63, 3.8) is 0 Å². The van der Waals surface area contributed by atoms with E-state index in [1.807, 2.05) is 25.1 Å². The average molecular weight is 408 g/mol. The highest BCUT2D eigenvalue weighted by Crippen LogP contribution is 2.33. The van der Waals surface area contributed by atoms with Crippen molar-refractivity contribution in [3.05, 3.63) is 47.7 Å². The molecule has 0 atom stereocenters. The monoisotopic (exact) mass is 407 g/mol. The second kappa shape index (κ2) is 8.83.